The maximum absolute atomic E-state index is 12.9. The Bertz CT molecular complexity index is 649. The quantitative estimate of drug-likeness (QED) is 0.549. The molecule has 0 saturated heterocycles. The standard InChI is InChI=1S/C18H19ClFNO2S/c1-2-17(23-15-7-5-14(20)6-8-15)18(22)21-11-12-24-16-9-3-13(19)4-10-16/h3-10,17H,2,11-12H2,1H3,(H,21,22)/t17-/m0/s1. The van der Waals surface area contributed by atoms with Crippen LogP contribution in [0.5, 0.6) is 5.75 Å². The van der Waals surface area contributed by atoms with Crippen LogP contribution in [-0.4, -0.2) is 24.3 Å². The molecule has 3 nitrogen and oxygen atoms in total. The highest BCUT2D eigenvalue weighted by molar-refractivity contribution is 7.99. The van der Waals surface area contributed by atoms with Crippen LogP contribution >= 0.6 is 23.4 Å². The summed E-state index contributed by atoms with van der Waals surface area (Å²) in [5.74, 6) is 0.729. The Morgan fingerprint density at radius 2 is 1.88 bits per heavy atom. The molecule has 2 rings (SSSR count). The SMILES string of the molecule is CC[C@H](Oc1ccc(F)cc1)C(=O)NCCSc1ccc(Cl)cc1. The normalized spacial score (nSPS) is 11.8. The minimum Gasteiger partial charge on any atom is -0.481 e. The lowest BCUT2D eigenvalue weighted by Crippen LogP contribution is -2.39. The van der Waals surface area contributed by atoms with Gasteiger partial charge in [0.2, 0.25) is 0 Å². The van der Waals surface area contributed by atoms with Gasteiger partial charge in [-0.1, -0.05) is 18.5 Å². The number of hydrogen-bond acceptors (Lipinski definition) is 3. The van der Waals surface area contributed by atoms with Crippen molar-refractivity contribution in [3.63, 3.8) is 0 Å². The summed E-state index contributed by atoms with van der Waals surface area (Å²) in [4.78, 5) is 13.3. The van der Waals surface area contributed by atoms with Crippen LogP contribution in [0.1, 0.15) is 13.3 Å². The van der Waals surface area contributed by atoms with Crippen LogP contribution in [-0.2, 0) is 4.79 Å². The lowest BCUT2D eigenvalue weighted by molar-refractivity contribution is -0.127. The van der Waals surface area contributed by atoms with E-state index in [1.54, 1.807) is 11.8 Å². The van der Waals surface area contributed by atoms with Gasteiger partial charge in [-0.2, -0.15) is 0 Å². The van der Waals surface area contributed by atoms with Crippen LogP contribution < -0.4 is 10.1 Å². The third-order valence-electron chi connectivity index (χ3n) is 3.24. The number of carbonyl (C=O) groups excluding carboxylic acids is 1. The summed E-state index contributed by atoms with van der Waals surface area (Å²) in [7, 11) is 0. The van der Waals surface area contributed by atoms with Crippen molar-refractivity contribution < 1.29 is 13.9 Å². The van der Waals surface area contributed by atoms with Gasteiger partial charge in [0.1, 0.15) is 11.6 Å². The van der Waals surface area contributed by atoms with Gasteiger partial charge in [-0.25, -0.2) is 4.39 Å². The maximum atomic E-state index is 12.9. The summed E-state index contributed by atoms with van der Waals surface area (Å²) in [6.45, 7) is 2.41. The van der Waals surface area contributed by atoms with Crippen LogP contribution in [0, 0.1) is 5.82 Å². The first-order valence-electron chi connectivity index (χ1n) is 7.67. The van der Waals surface area contributed by atoms with Crippen molar-refractivity contribution in [3.05, 3.63) is 59.4 Å². The molecule has 0 fully saturated rings. The minimum absolute atomic E-state index is 0.168. The van der Waals surface area contributed by atoms with Crippen LogP contribution in [0.2, 0.25) is 5.02 Å². The third-order valence-corrected chi connectivity index (χ3v) is 4.50. The lowest BCUT2D eigenvalue weighted by Gasteiger charge is -2.17. The largest absolute Gasteiger partial charge is 0.481 e. The molecular formula is C18H19ClFNO2S. The molecule has 0 aliphatic rings. The Hall–Kier alpha value is -1.72. The van der Waals surface area contributed by atoms with E-state index in [0.717, 1.165) is 10.6 Å². The summed E-state index contributed by atoms with van der Waals surface area (Å²) in [5, 5.41) is 3.57. The zero-order chi connectivity index (χ0) is 17.4. The molecule has 0 bridgehead atoms. The summed E-state index contributed by atoms with van der Waals surface area (Å²) in [5.41, 5.74) is 0. The van der Waals surface area contributed by atoms with Crippen LogP contribution in [0.4, 0.5) is 4.39 Å². The molecule has 0 aromatic heterocycles. The average Bonchev–Trinajstić information content (AvgIpc) is 2.59. The Morgan fingerprint density at radius 3 is 2.50 bits per heavy atom. The van der Waals surface area contributed by atoms with Crippen molar-refractivity contribution in [2.75, 3.05) is 12.3 Å². The predicted molar refractivity (Wildman–Crippen MR) is 96.3 cm³/mol. The van der Waals surface area contributed by atoms with Gasteiger partial charge in [0, 0.05) is 22.2 Å². The fourth-order valence-corrected chi connectivity index (χ4v) is 2.88. The Balaban J connectivity index is 1.75. The van der Waals surface area contributed by atoms with Gasteiger partial charge in [0.05, 0.1) is 0 Å². The van der Waals surface area contributed by atoms with Crippen LogP contribution in [0.25, 0.3) is 0 Å². The van der Waals surface area contributed by atoms with Gasteiger partial charge in [0.25, 0.3) is 5.91 Å². The third kappa shape index (κ3) is 6.06. The van der Waals surface area contributed by atoms with E-state index in [1.807, 2.05) is 31.2 Å². The molecule has 1 amide bonds. The summed E-state index contributed by atoms with van der Waals surface area (Å²) in [6, 6.07) is 13.2. The molecule has 24 heavy (non-hydrogen) atoms. The van der Waals surface area contributed by atoms with E-state index in [0.29, 0.717) is 23.7 Å². The van der Waals surface area contributed by atoms with Crippen molar-refractivity contribution in [2.24, 2.45) is 0 Å². The van der Waals surface area contributed by atoms with Gasteiger partial charge in [-0.3, -0.25) is 4.79 Å². The van der Waals surface area contributed by atoms with Crippen molar-refractivity contribution in [1.29, 1.82) is 0 Å². The molecule has 1 N–H and O–H groups in total. The fraction of sp³-hybridized carbons (Fsp3) is 0.278. The zero-order valence-corrected chi connectivity index (χ0v) is 14.9. The second kappa shape index (κ2) is 9.55. The highest BCUT2D eigenvalue weighted by Crippen LogP contribution is 2.19. The number of benzene rings is 2. The second-order valence-corrected chi connectivity index (χ2v) is 6.67. The summed E-state index contributed by atoms with van der Waals surface area (Å²) < 4.78 is 18.5. The molecule has 128 valence electrons. The summed E-state index contributed by atoms with van der Waals surface area (Å²) in [6.07, 6.45) is -0.0518. The van der Waals surface area contributed by atoms with Crippen molar-refractivity contribution >= 4 is 29.3 Å². The van der Waals surface area contributed by atoms with E-state index in [2.05, 4.69) is 5.32 Å². The molecule has 0 aliphatic heterocycles. The number of thioether (sulfide) groups is 1. The number of halogens is 2. The molecule has 0 aliphatic carbocycles. The topological polar surface area (TPSA) is 38.3 Å². The molecule has 2 aromatic carbocycles. The maximum Gasteiger partial charge on any atom is 0.261 e. The number of hydrogen-bond donors (Lipinski definition) is 1. The molecule has 0 saturated carbocycles. The fourth-order valence-electron chi connectivity index (χ4n) is 1.99. The molecule has 0 unspecified atom stereocenters. The number of rotatable bonds is 8. The molecule has 0 radical (unpaired) electrons. The Morgan fingerprint density at radius 1 is 1.21 bits per heavy atom. The number of nitrogens with one attached hydrogen (secondary N) is 1. The van der Waals surface area contributed by atoms with E-state index in [1.165, 1.54) is 24.3 Å². The molecule has 1 atom stereocenters. The van der Waals surface area contributed by atoms with Crippen LogP contribution in [0.15, 0.2) is 53.4 Å². The van der Waals surface area contributed by atoms with Gasteiger partial charge in [-0.05, 0) is 55.0 Å². The predicted octanol–water partition coefficient (Wildman–Crippen LogP) is 4.55. The monoisotopic (exact) mass is 367 g/mol. The van der Waals surface area contributed by atoms with E-state index >= 15 is 0 Å². The summed E-state index contributed by atoms with van der Waals surface area (Å²) >= 11 is 7.48. The molecule has 2 aromatic rings. The highest BCUT2D eigenvalue weighted by Gasteiger charge is 2.17. The van der Waals surface area contributed by atoms with E-state index < -0.39 is 6.10 Å². The van der Waals surface area contributed by atoms with E-state index in [-0.39, 0.29) is 11.7 Å². The van der Waals surface area contributed by atoms with Crippen molar-refractivity contribution in [2.45, 2.75) is 24.3 Å². The van der Waals surface area contributed by atoms with Crippen LogP contribution in [0.3, 0.4) is 0 Å². The average molecular weight is 368 g/mol. The first kappa shape index (κ1) is 18.6. The number of amides is 1. The second-order valence-electron chi connectivity index (χ2n) is 5.06. The molecule has 0 heterocycles. The minimum atomic E-state index is -0.587. The Kier molecular flexibility index (Phi) is 7.40. The first-order chi connectivity index (χ1) is 11.6. The van der Waals surface area contributed by atoms with Gasteiger partial charge >= 0.3 is 0 Å². The number of carbonyl (C=O) groups is 1. The molecule has 6 heteroatoms. The van der Waals surface area contributed by atoms with Gasteiger partial charge in [0.15, 0.2) is 6.10 Å². The van der Waals surface area contributed by atoms with Crippen molar-refractivity contribution in [3.8, 4) is 5.75 Å². The smallest absolute Gasteiger partial charge is 0.261 e. The zero-order valence-electron chi connectivity index (χ0n) is 13.3. The van der Waals surface area contributed by atoms with E-state index in [9.17, 15) is 9.18 Å². The first-order valence-corrected chi connectivity index (χ1v) is 9.03. The Labute approximate surface area is 150 Å². The lowest BCUT2D eigenvalue weighted by atomic mass is 10.2. The van der Waals surface area contributed by atoms with Gasteiger partial charge < -0.3 is 10.1 Å². The van der Waals surface area contributed by atoms with Gasteiger partial charge in [-0.15, -0.1) is 11.8 Å². The molecule has 0 spiro atoms. The van der Waals surface area contributed by atoms with E-state index in [4.69, 9.17) is 16.3 Å². The number of ether oxygens (including phenoxy) is 1. The molecular weight excluding hydrogens is 349 g/mol. The highest BCUT2D eigenvalue weighted by atomic mass is 35.5. The van der Waals surface area contributed by atoms with Crippen molar-refractivity contribution in [1.82, 2.24) is 5.32 Å².